The van der Waals surface area contributed by atoms with E-state index in [4.69, 9.17) is 5.73 Å². The van der Waals surface area contributed by atoms with E-state index in [0.29, 0.717) is 0 Å². The molecule has 1 rings (SSSR count). The van der Waals surface area contributed by atoms with Gasteiger partial charge in [-0.05, 0) is 39.2 Å². The Morgan fingerprint density at radius 1 is 1.46 bits per heavy atom. The van der Waals surface area contributed by atoms with Crippen molar-refractivity contribution in [3.8, 4) is 0 Å². The van der Waals surface area contributed by atoms with Crippen molar-refractivity contribution in [1.29, 1.82) is 0 Å². The van der Waals surface area contributed by atoms with E-state index in [0.717, 1.165) is 18.5 Å². The number of hydrogen-bond donors (Lipinski definition) is 1. The summed E-state index contributed by atoms with van der Waals surface area (Å²) in [5.41, 5.74) is 9.48. The molecule has 3 nitrogen and oxygen atoms in total. The van der Waals surface area contributed by atoms with E-state index in [2.05, 4.69) is 18.9 Å². The Morgan fingerprint density at radius 3 is 2.46 bits per heavy atom. The summed E-state index contributed by atoms with van der Waals surface area (Å²) in [7, 11) is 1.98. The topological polar surface area (TPSA) is 43.8 Å². The Morgan fingerprint density at radius 2 is 2.08 bits per heavy atom. The highest BCUT2D eigenvalue weighted by Gasteiger charge is 2.09. The van der Waals surface area contributed by atoms with E-state index in [-0.39, 0.29) is 6.04 Å². The molecule has 0 fully saturated rings. The highest BCUT2D eigenvalue weighted by Crippen LogP contribution is 2.14. The average molecular weight is 181 g/mol. The van der Waals surface area contributed by atoms with Gasteiger partial charge in [0, 0.05) is 18.8 Å². The van der Waals surface area contributed by atoms with Gasteiger partial charge in [0.2, 0.25) is 0 Å². The maximum Gasteiger partial charge on any atom is 0.0628 e. The van der Waals surface area contributed by atoms with Gasteiger partial charge in [-0.25, -0.2) is 0 Å². The lowest BCUT2D eigenvalue weighted by atomic mass is 10.1. The third kappa shape index (κ3) is 2.31. The van der Waals surface area contributed by atoms with Crippen LogP contribution in [0.3, 0.4) is 0 Å². The summed E-state index contributed by atoms with van der Waals surface area (Å²) < 4.78 is 1.94. The molecule has 0 aromatic carbocycles. The predicted molar refractivity (Wildman–Crippen MR) is 54.7 cm³/mol. The van der Waals surface area contributed by atoms with Crippen LogP contribution in [0.4, 0.5) is 0 Å². The van der Waals surface area contributed by atoms with Gasteiger partial charge < -0.3 is 5.73 Å². The lowest BCUT2D eigenvalue weighted by Gasteiger charge is -2.04. The summed E-state index contributed by atoms with van der Waals surface area (Å²) in [6, 6.07) is 0.277. The van der Waals surface area contributed by atoms with Crippen LogP contribution < -0.4 is 5.73 Å². The van der Waals surface area contributed by atoms with Crippen LogP contribution >= 0.6 is 0 Å². The molecule has 0 amide bonds. The van der Waals surface area contributed by atoms with Crippen molar-refractivity contribution >= 4 is 0 Å². The minimum Gasteiger partial charge on any atom is -0.328 e. The first-order valence-electron chi connectivity index (χ1n) is 4.77. The molecule has 0 unspecified atom stereocenters. The van der Waals surface area contributed by atoms with Gasteiger partial charge >= 0.3 is 0 Å². The van der Waals surface area contributed by atoms with E-state index < -0.39 is 0 Å². The van der Waals surface area contributed by atoms with Gasteiger partial charge in [-0.1, -0.05) is 0 Å². The monoisotopic (exact) mass is 181 g/mol. The van der Waals surface area contributed by atoms with E-state index >= 15 is 0 Å². The van der Waals surface area contributed by atoms with E-state index in [9.17, 15) is 0 Å². The smallest absolute Gasteiger partial charge is 0.0628 e. The molecular weight excluding hydrogens is 162 g/mol. The molecule has 0 aliphatic heterocycles. The van der Waals surface area contributed by atoms with Crippen LogP contribution in [0.25, 0.3) is 0 Å². The molecule has 0 saturated heterocycles. The lowest BCUT2D eigenvalue weighted by Crippen LogP contribution is -2.15. The van der Waals surface area contributed by atoms with Crippen LogP contribution in [0.5, 0.6) is 0 Å². The number of aryl methyl sites for hydroxylation is 2. The third-order valence-corrected chi connectivity index (χ3v) is 2.51. The van der Waals surface area contributed by atoms with Crippen LogP contribution in [-0.4, -0.2) is 15.8 Å². The van der Waals surface area contributed by atoms with Crippen molar-refractivity contribution < 1.29 is 0 Å². The van der Waals surface area contributed by atoms with Crippen LogP contribution in [0.2, 0.25) is 0 Å². The standard InChI is InChI=1S/C10H19N3/c1-7(11)5-6-10-8(2)12-13(4)9(10)3/h7H,5-6,11H2,1-4H3/t7-/m0/s1. The van der Waals surface area contributed by atoms with Crippen LogP contribution in [0, 0.1) is 13.8 Å². The zero-order valence-corrected chi connectivity index (χ0v) is 8.96. The molecule has 0 radical (unpaired) electrons. The van der Waals surface area contributed by atoms with Gasteiger partial charge in [-0.3, -0.25) is 4.68 Å². The quantitative estimate of drug-likeness (QED) is 0.764. The molecule has 74 valence electrons. The van der Waals surface area contributed by atoms with Crippen molar-refractivity contribution in [1.82, 2.24) is 9.78 Å². The molecule has 0 aliphatic carbocycles. The first-order valence-corrected chi connectivity index (χ1v) is 4.77. The highest BCUT2D eigenvalue weighted by atomic mass is 15.3. The van der Waals surface area contributed by atoms with Crippen molar-refractivity contribution in [2.24, 2.45) is 12.8 Å². The molecule has 0 saturated carbocycles. The minimum atomic E-state index is 0.277. The molecule has 1 atom stereocenters. The number of hydrogen-bond acceptors (Lipinski definition) is 2. The van der Waals surface area contributed by atoms with Crippen LogP contribution in [0.15, 0.2) is 0 Å². The van der Waals surface area contributed by atoms with Gasteiger partial charge in [0.25, 0.3) is 0 Å². The maximum absolute atomic E-state index is 5.72. The summed E-state index contributed by atoms with van der Waals surface area (Å²) in [5, 5.41) is 4.36. The molecule has 0 bridgehead atoms. The summed E-state index contributed by atoms with van der Waals surface area (Å²) >= 11 is 0. The molecule has 1 aromatic rings. The Kier molecular flexibility index (Phi) is 3.09. The largest absolute Gasteiger partial charge is 0.328 e. The second-order valence-corrected chi connectivity index (χ2v) is 3.79. The Hall–Kier alpha value is -0.830. The summed E-state index contributed by atoms with van der Waals surface area (Å²) in [6.45, 7) is 6.21. The molecule has 3 heteroatoms. The lowest BCUT2D eigenvalue weighted by molar-refractivity contribution is 0.661. The minimum absolute atomic E-state index is 0.277. The second-order valence-electron chi connectivity index (χ2n) is 3.79. The van der Waals surface area contributed by atoms with Crippen LogP contribution in [0.1, 0.15) is 30.3 Å². The van der Waals surface area contributed by atoms with E-state index in [1.807, 2.05) is 18.7 Å². The van der Waals surface area contributed by atoms with Crippen LogP contribution in [-0.2, 0) is 13.5 Å². The number of nitrogens with two attached hydrogens (primary N) is 1. The van der Waals surface area contributed by atoms with Gasteiger partial charge in [0.15, 0.2) is 0 Å². The number of nitrogens with zero attached hydrogens (tertiary/aromatic N) is 2. The Labute approximate surface area is 79.9 Å². The fraction of sp³-hybridized carbons (Fsp3) is 0.700. The zero-order valence-electron chi connectivity index (χ0n) is 8.96. The van der Waals surface area contributed by atoms with Crippen molar-refractivity contribution in [3.05, 3.63) is 17.0 Å². The Balaban J connectivity index is 2.76. The fourth-order valence-corrected chi connectivity index (χ4v) is 1.55. The summed E-state index contributed by atoms with van der Waals surface area (Å²) in [5.74, 6) is 0. The molecule has 2 N–H and O–H groups in total. The Bertz CT molecular complexity index is 287. The molecule has 1 aromatic heterocycles. The first kappa shape index (κ1) is 10.3. The third-order valence-electron chi connectivity index (χ3n) is 2.51. The number of aromatic nitrogens is 2. The van der Waals surface area contributed by atoms with E-state index in [1.165, 1.54) is 11.3 Å². The predicted octanol–water partition coefficient (Wildman–Crippen LogP) is 1.32. The molecule has 1 heterocycles. The van der Waals surface area contributed by atoms with Crippen molar-refractivity contribution in [2.75, 3.05) is 0 Å². The first-order chi connectivity index (χ1) is 6.02. The molecular formula is C10H19N3. The molecule has 13 heavy (non-hydrogen) atoms. The van der Waals surface area contributed by atoms with Gasteiger partial charge in [0.1, 0.15) is 0 Å². The van der Waals surface area contributed by atoms with Gasteiger partial charge in [-0.2, -0.15) is 5.10 Å². The molecule has 0 spiro atoms. The SMILES string of the molecule is Cc1nn(C)c(C)c1CC[C@H](C)N. The van der Waals surface area contributed by atoms with E-state index in [1.54, 1.807) is 0 Å². The van der Waals surface area contributed by atoms with Crippen molar-refractivity contribution in [3.63, 3.8) is 0 Å². The highest BCUT2D eigenvalue weighted by molar-refractivity contribution is 5.24. The van der Waals surface area contributed by atoms with Gasteiger partial charge in [-0.15, -0.1) is 0 Å². The average Bonchev–Trinajstić information content (AvgIpc) is 2.24. The fourth-order valence-electron chi connectivity index (χ4n) is 1.55. The summed E-state index contributed by atoms with van der Waals surface area (Å²) in [6.07, 6.45) is 2.08. The second kappa shape index (κ2) is 3.92. The maximum atomic E-state index is 5.72. The molecule has 0 aliphatic rings. The summed E-state index contributed by atoms with van der Waals surface area (Å²) in [4.78, 5) is 0. The number of rotatable bonds is 3. The normalized spacial score (nSPS) is 13.3. The van der Waals surface area contributed by atoms with Crippen molar-refractivity contribution in [2.45, 2.75) is 39.7 Å². The zero-order chi connectivity index (χ0) is 10.0. The van der Waals surface area contributed by atoms with Gasteiger partial charge in [0.05, 0.1) is 5.69 Å².